The maximum absolute atomic E-state index is 13.8. The number of hydrogen-bond acceptors (Lipinski definition) is 4. The van der Waals surface area contributed by atoms with Gasteiger partial charge in [0.2, 0.25) is 5.82 Å². The van der Waals surface area contributed by atoms with Crippen LogP contribution in [0.25, 0.3) is 0 Å². The number of hydrogen-bond donors (Lipinski definition) is 1. The average molecular weight is 292 g/mol. The molecule has 0 bridgehead atoms. The summed E-state index contributed by atoms with van der Waals surface area (Å²) in [5.74, 6) is -0.0461. The number of benzene rings is 1. The second-order valence-corrected chi connectivity index (χ2v) is 4.74. The van der Waals surface area contributed by atoms with E-state index in [1.54, 1.807) is 32.0 Å². The highest BCUT2D eigenvalue weighted by atomic mass is 19.1. The van der Waals surface area contributed by atoms with Crippen molar-refractivity contribution in [1.29, 1.82) is 0 Å². The van der Waals surface area contributed by atoms with Gasteiger partial charge in [-0.1, -0.05) is 18.2 Å². The molecule has 112 valence electrons. The van der Waals surface area contributed by atoms with Crippen LogP contribution in [-0.2, 0) is 6.54 Å². The molecule has 0 saturated carbocycles. The highest BCUT2D eigenvalue weighted by molar-refractivity contribution is 5.60. The Bertz CT molecular complexity index is 669. The van der Waals surface area contributed by atoms with Gasteiger partial charge >= 0.3 is 5.69 Å². The average Bonchev–Trinajstić information content (AvgIpc) is 2.75. The van der Waals surface area contributed by atoms with Crippen LogP contribution in [0.15, 0.2) is 24.3 Å². The van der Waals surface area contributed by atoms with Gasteiger partial charge in [0.05, 0.1) is 11.0 Å². The molecule has 0 saturated heterocycles. The smallest absolute Gasteiger partial charge is 0.333 e. The summed E-state index contributed by atoms with van der Waals surface area (Å²) in [5, 5.41) is 18.3. The van der Waals surface area contributed by atoms with Gasteiger partial charge in [0, 0.05) is 12.1 Å². The summed E-state index contributed by atoms with van der Waals surface area (Å²) in [7, 11) is 0. The van der Waals surface area contributed by atoms with Crippen molar-refractivity contribution < 1.29 is 9.31 Å². The van der Waals surface area contributed by atoms with Crippen LogP contribution < -0.4 is 5.32 Å². The van der Waals surface area contributed by atoms with Crippen molar-refractivity contribution in [3.63, 3.8) is 0 Å². The van der Waals surface area contributed by atoms with E-state index in [9.17, 15) is 14.5 Å². The standard InChI is InChI=1S/C14H17FN4O2/c1-4-18-14(13(19(20)21)10(3)17-18)16-9(2)11-7-5-6-8-12(11)15/h5-9,16H,4H2,1-3H3. The number of aromatic nitrogens is 2. The molecule has 1 atom stereocenters. The number of halogens is 1. The van der Waals surface area contributed by atoms with E-state index in [0.717, 1.165) is 0 Å². The number of rotatable bonds is 5. The monoisotopic (exact) mass is 292 g/mol. The van der Waals surface area contributed by atoms with Crippen LogP contribution in [0, 0.1) is 22.9 Å². The Kier molecular flexibility index (Phi) is 4.21. The van der Waals surface area contributed by atoms with Crippen LogP contribution in [0.2, 0.25) is 0 Å². The van der Waals surface area contributed by atoms with Gasteiger partial charge in [-0.25, -0.2) is 9.07 Å². The Morgan fingerprint density at radius 2 is 2.14 bits per heavy atom. The van der Waals surface area contributed by atoms with Crippen molar-refractivity contribution in [1.82, 2.24) is 9.78 Å². The first kappa shape index (κ1) is 15.0. The Morgan fingerprint density at radius 1 is 1.48 bits per heavy atom. The van der Waals surface area contributed by atoms with Crippen molar-refractivity contribution in [3.05, 3.63) is 51.5 Å². The molecule has 2 rings (SSSR count). The van der Waals surface area contributed by atoms with E-state index >= 15 is 0 Å². The molecule has 0 aliphatic rings. The molecule has 0 spiro atoms. The van der Waals surface area contributed by atoms with E-state index in [-0.39, 0.29) is 11.5 Å². The van der Waals surface area contributed by atoms with Crippen molar-refractivity contribution >= 4 is 11.5 Å². The minimum atomic E-state index is -0.467. The maximum atomic E-state index is 13.8. The lowest BCUT2D eigenvalue weighted by Gasteiger charge is -2.16. The first-order valence-electron chi connectivity index (χ1n) is 6.68. The van der Waals surface area contributed by atoms with E-state index < -0.39 is 11.0 Å². The van der Waals surface area contributed by atoms with Gasteiger partial charge in [0.15, 0.2) is 0 Å². The molecular weight excluding hydrogens is 275 g/mol. The molecule has 6 nitrogen and oxygen atoms in total. The zero-order valence-electron chi connectivity index (χ0n) is 12.1. The largest absolute Gasteiger partial charge is 0.358 e. The number of aryl methyl sites for hydroxylation is 2. The molecule has 0 fully saturated rings. The summed E-state index contributed by atoms with van der Waals surface area (Å²) in [4.78, 5) is 10.7. The molecule has 0 radical (unpaired) electrons. The predicted molar refractivity (Wildman–Crippen MR) is 77.7 cm³/mol. The lowest BCUT2D eigenvalue weighted by molar-refractivity contribution is -0.384. The van der Waals surface area contributed by atoms with Crippen molar-refractivity contribution in [2.45, 2.75) is 33.4 Å². The van der Waals surface area contributed by atoms with E-state index in [1.807, 2.05) is 6.92 Å². The van der Waals surface area contributed by atoms with Crippen molar-refractivity contribution in [2.75, 3.05) is 5.32 Å². The van der Waals surface area contributed by atoms with Crippen LogP contribution in [0.1, 0.15) is 31.1 Å². The molecule has 0 amide bonds. The van der Waals surface area contributed by atoms with E-state index in [2.05, 4.69) is 10.4 Å². The Labute approximate surface area is 121 Å². The molecule has 1 heterocycles. The summed E-state index contributed by atoms with van der Waals surface area (Å²) >= 11 is 0. The van der Waals surface area contributed by atoms with Crippen molar-refractivity contribution in [2.24, 2.45) is 0 Å². The van der Waals surface area contributed by atoms with Crippen LogP contribution in [-0.4, -0.2) is 14.7 Å². The second-order valence-electron chi connectivity index (χ2n) is 4.74. The molecule has 2 aromatic rings. The fraction of sp³-hybridized carbons (Fsp3) is 0.357. The zero-order valence-corrected chi connectivity index (χ0v) is 12.1. The number of nitro groups is 1. The van der Waals surface area contributed by atoms with Crippen LogP contribution in [0.5, 0.6) is 0 Å². The Balaban J connectivity index is 2.39. The summed E-state index contributed by atoms with van der Waals surface area (Å²) in [6.07, 6.45) is 0. The highest BCUT2D eigenvalue weighted by Crippen LogP contribution is 2.31. The predicted octanol–water partition coefficient (Wildman–Crippen LogP) is 3.43. The molecule has 0 aliphatic heterocycles. The van der Waals surface area contributed by atoms with Gasteiger partial charge in [-0.15, -0.1) is 0 Å². The lowest BCUT2D eigenvalue weighted by atomic mass is 10.1. The first-order chi connectivity index (χ1) is 9.95. The molecular formula is C14H17FN4O2. The molecule has 21 heavy (non-hydrogen) atoms. The molecule has 1 unspecified atom stereocenters. The van der Waals surface area contributed by atoms with E-state index in [0.29, 0.717) is 23.6 Å². The summed E-state index contributed by atoms with van der Waals surface area (Å²) < 4.78 is 15.3. The highest BCUT2D eigenvalue weighted by Gasteiger charge is 2.26. The summed E-state index contributed by atoms with van der Waals surface area (Å²) in [5.41, 5.74) is 0.721. The maximum Gasteiger partial charge on any atom is 0.333 e. The van der Waals surface area contributed by atoms with Crippen molar-refractivity contribution in [3.8, 4) is 0 Å². The SMILES string of the molecule is CCn1nc(C)c([N+](=O)[O-])c1NC(C)c1ccccc1F. The summed E-state index contributed by atoms with van der Waals surface area (Å²) in [6, 6.07) is 5.94. The zero-order chi connectivity index (χ0) is 15.6. The molecule has 7 heteroatoms. The third-order valence-electron chi connectivity index (χ3n) is 3.30. The lowest BCUT2D eigenvalue weighted by Crippen LogP contribution is -2.13. The van der Waals surface area contributed by atoms with E-state index in [4.69, 9.17) is 0 Å². The van der Waals surface area contributed by atoms with Gasteiger partial charge in [-0.05, 0) is 26.8 Å². The Morgan fingerprint density at radius 3 is 2.71 bits per heavy atom. The van der Waals surface area contributed by atoms with Crippen LogP contribution in [0.4, 0.5) is 15.9 Å². The molecule has 1 aromatic heterocycles. The molecule has 1 aromatic carbocycles. The summed E-state index contributed by atoms with van der Waals surface area (Å²) in [6.45, 7) is 5.67. The minimum absolute atomic E-state index is 0.0694. The van der Waals surface area contributed by atoms with Crippen LogP contribution >= 0.6 is 0 Å². The third-order valence-corrected chi connectivity index (χ3v) is 3.30. The third kappa shape index (κ3) is 2.86. The number of nitrogens with zero attached hydrogens (tertiary/aromatic N) is 3. The fourth-order valence-corrected chi connectivity index (χ4v) is 2.27. The van der Waals surface area contributed by atoms with Gasteiger partial charge < -0.3 is 5.32 Å². The quantitative estimate of drug-likeness (QED) is 0.677. The fourth-order valence-electron chi connectivity index (χ4n) is 2.27. The van der Waals surface area contributed by atoms with Crippen LogP contribution in [0.3, 0.4) is 0 Å². The Hall–Kier alpha value is -2.44. The number of anilines is 1. The second kappa shape index (κ2) is 5.90. The number of nitrogens with one attached hydrogen (secondary N) is 1. The first-order valence-corrected chi connectivity index (χ1v) is 6.68. The van der Waals surface area contributed by atoms with Gasteiger partial charge in [-0.2, -0.15) is 5.10 Å². The topological polar surface area (TPSA) is 73.0 Å². The van der Waals surface area contributed by atoms with E-state index in [1.165, 1.54) is 10.7 Å². The normalized spacial score (nSPS) is 12.2. The minimum Gasteiger partial charge on any atom is -0.358 e. The van der Waals surface area contributed by atoms with Gasteiger partial charge in [-0.3, -0.25) is 10.1 Å². The molecule has 0 aliphatic carbocycles. The molecule has 1 N–H and O–H groups in total. The van der Waals surface area contributed by atoms with Gasteiger partial charge in [0.25, 0.3) is 0 Å². The van der Waals surface area contributed by atoms with Gasteiger partial charge in [0.1, 0.15) is 11.5 Å².